The molecule has 3 aromatic rings. The SMILES string of the molecule is COc1cc(Nc2nc(N)nc3[nH]ncc23)c(Br)cc1Br. The van der Waals surface area contributed by atoms with Gasteiger partial charge in [0.05, 0.1) is 28.9 Å². The molecule has 0 bridgehead atoms. The van der Waals surface area contributed by atoms with E-state index >= 15 is 0 Å². The lowest BCUT2D eigenvalue weighted by atomic mass is 10.3. The zero-order chi connectivity index (χ0) is 15.0. The minimum absolute atomic E-state index is 0.162. The summed E-state index contributed by atoms with van der Waals surface area (Å²) in [6, 6.07) is 3.73. The molecule has 0 fully saturated rings. The van der Waals surface area contributed by atoms with Crippen molar-refractivity contribution in [2.24, 2.45) is 0 Å². The van der Waals surface area contributed by atoms with E-state index in [-0.39, 0.29) is 5.95 Å². The number of anilines is 3. The van der Waals surface area contributed by atoms with Gasteiger partial charge in [-0.05, 0) is 37.9 Å². The highest BCUT2D eigenvalue weighted by Gasteiger charge is 2.12. The summed E-state index contributed by atoms with van der Waals surface area (Å²) >= 11 is 6.92. The molecule has 3 rings (SSSR count). The van der Waals surface area contributed by atoms with Gasteiger partial charge >= 0.3 is 0 Å². The molecule has 2 heterocycles. The van der Waals surface area contributed by atoms with E-state index in [1.807, 2.05) is 12.1 Å². The van der Waals surface area contributed by atoms with Gasteiger partial charge in [-0.1, -0.05) is 0 Å². The van der Waals surface area contributed by atoms with Crippen molar-refractivity contribution < 1.29 is 4.74 Å². The van der Waals surface area contributed by atoms with Crippen molar-refractivity contribution >= 4 is 60.3 Å². The van der Waals surface area contributed by atoms with Gasteiger partial charge in [0.15, 0.2) is 5.65 Å². The van der Waals surface area contributed by atoms with E-state index in [1.54, 1.807) is 13.3 Å². The summed E-state index contributed by atoms with van der Waals surface area (Å²) in [6.45, 7) is 0. The Morgan fingerprint density at radius 1 is 1.24 bits per heavy atom. The second kappa shape index (κ2) is 5.49. The van der Waals surface area contributed by atoms with Crippen LogP contribution >= 0.6 is 31.9 Å². The number of methoxy groups -OCH3 is 1. The van der Waals surface area contributed by atoms with Crippen LogP contribution in [0.25, 0.3) is 11.0 Å². The average Bonchev–Trinajstić information content (AvgIpc) is 2.89. The summed E-state index contributed by atoms with van der Waals surface area (Å²) in [4.78, 5) is 8.28. The normalized spacial score (nSPS) is 10.8. The van der Waals surface area contributed by atoms with Crippen LogP contribution in [0.1, 0.15) is 0 Å². The Labute approximate surface area is 136 Å². The number of ether oxygens (including phenoxy) is 1. The van der Waals surface area contributed by atoms with E-state index < -0.39 is 0 Å². The molecule has 4 N–H and O–H groups in total. The zero-order valence-electron chi connectivity index (χ0n) is 10.8. The molecule has 21 heavy (non-hydrogen) atoms. The summed E-state index contributed by atoms with van der Waals surface area (Å²) in [6.07, 6.45) is 1.64. The fraction of sp³-hybridized carbons (Fsp3) is 0.0833. The fourth-order valence-corrected chi connectivity index (χ4v) is 3.11. The fourth-order valence-electron chi connectivity index (χ4n) is 1.86. The van der Waals surface area contributed by atoms with Gasteiger partial charge < -0.3 is 15.8 Å². The number of fused-ring (bicyclic) bond motifs is 1. The molecule has 2 aromatic heterocycles. The number of aromatic amines is 1. The number of H-pyrrole nitrogens is 1. The first-order valence-electron chi connectivity index (χ1n) is 5.85. The number of rotatable bonds is 3. The highest BCUT2D eigenvalue weighted by atomic mass is 79.9. The van der Waals surface area contributed by atoms with Gasteiger partial charge in [-0.2, -0.15) is 15.1 Å². The van der Waals surface area contributed by atoms with Gasteiger partial charge in [0.1, 0.15) is 11.6 Å². The average molecular weight is 414 g/mol. The summed E-state index contributed by atoms with van der Waals surface area (Å²) in [5, 5.41) is 10.7. The molecule has 9 heteroatoms. The van der Waals surface area contributed by atoms with Gasteiger partial charge in [0, 0.05) is 10.5 Å². The third-order valence-corrected chi connectivity index (χ3v) is 4.10. The first kappa shape index (κ1) is 14.1. The molecule has 0 spiro atoms. The van der Waals surface area contributed by atoms with Gasteiger partial charge in [-0.25, -0.2) is 0 Å². The largest absolute Gasteiger partial charge is 0.495 e. The topological polar surface area (TPSA) is 102 Å². The Balaban J connectivity index is 2.08. The van der Waals surface area contributed by atoms with Crippen LogP contribution in [-0.4, -0.2) is 27.3 Å². The molecular weight excluding hydrogens is 404 g/mol. The maximum atomic E-state index is 5.70. The Hall–Kier alpha value is -1.87. The lowest BCUT2D eigenvalue weighted by Gasteiger charge is -2.12. The first-order valence-corrected chi connectivity index (χ1v) is 7.43. The number of nitrogen functional groups attached to an aromatic ring is 1. The number of nitrogens with two attached hydrogens (primary N) is 1. The summed E-state index contributed by atoms with van der Waals surface area (Å²) in [5.74, 6) is 1.43. The third kappa shape index (κ3) is 2.66. The van der Waals surface area contributed by atoms with Crippen LogP contribution in [0.4, 0.5) is 17.5 Å². The number of benzene rings is 1. The van der Waals surface area contributed by atoms with Crippen molar-refractivity contribution in [3.63, 3.8) is 0 Å². The van der Waals surface area contributed by atoms with E-state index in [4.69, 9.17) is 10.5 Å². The van der Waals surface area contributed by atoms with Crippen LogP contribution in [-0.2, 0) is 0 Å². The molecular formula is C12H10Br2N6O. The predicted octanol–water partition coefficient (Wildman–Crippen LogP) is 3.21. The van der Waals surface area contributed by atoms with Crippen molar-refractivity contribution in [2.75, 3.05) is 18.2 Å². The lowest BCUT2D eigenvalue weighted by molar-refractivity contribution is 0.412. The van der Waals surface area contributed by atoms with E-state index in [0.717, 1.165) is 20.0 Å². The molecule has 108 valence electrons. The van der Waals surface area contributed by atoms with Crippen molar-refractivity contribution in [1.29, 1.82) is 0 Å². The van der Waals surface area contributed by atoms with Crippen LogP contribution in [0, 0.1) is 0 Å². The highest BCUT2D eigenvalue weighted by molar-refractivity contribution is 9.11. The lowest BCUT2D eigenvalue weighted by Crippen LogP contribution is -2.01. The van der Waals surface area contributed by atoms with Crippen molar-refractivity contribution in [3.05, 3.63) is 27.3 Å². The highest BCUT2D eigenvalue weighted by Crippen LogP contribution is 2.36. The number of hydrogen-bond acceptors (Lipinski definition) is 6. The van der Waals surface area contributed by atoms with E-state index in [1.165, 1.54) is 0 Å². The Morgan fingerprint density at radius 2 is 2.05 bits per heavy atom. The molecule has 0 atom stereocenters. The molecule has 0 unspecified atom stereocenters. The zero-order valence-corrected chi connectivity index (χ0v) is 14.0. The Bertz CT molecular complexity index is 819. The number of hydrogen-bond donors (Lipinski definition) is 3. The third-order valence-electron chi connectivity index (χ3n) is 2.82. The number of nitrogens with one attached hydrogen (secondary N) is 2. The van der Waals surface area contributed by atoms with Crippen LogP contribution in [0.3, 0.4) is 0 Å². The molecule has 0 amide bonds. The maximum absolute atomic E-state index is 5.70. The Kier molecular flexibility index (Phi) is 3.68. The molecule has 7 nitrogen and oxygen atoms in total. The second-order valence-corrected chi connectivity index (χ2v) is 5.86. The van der Waals surface area contributed by atoms with E-state index in [9.17, 15) is 0 Å². The van der Waals surface area contributed by atoms with Crippen molar-refractivity contribution in [3.8, 4) is 5.75 Å². The minimum Gasteiger partial charge on any atom is -0.495 e. The molecule has 0 aliphatic carbocycles. The predicted molar refractivity (Wildman–Crippen MR) is 87.8 cm³/mol. The van der Waals surface area contributed by atoms with Gasteiger partial charge in [0.25, 0.3) is 0 Å². The number of halogens is 2. The van der Waals surface area contributed by atoms with Crippen LogP contribution < -0.4 is 15.8 Å². The summed E-state index contributed by atoms with van der Waals surface area (Å²) in [5.41, 5.74) is 7.06. The summed E-state index contributed by atoms with van der Waals surface area (Å²) < 4.78 is 6.99. The Morgan fingerprint density at radius 3 is 2.81 bits per heavy atom. The standard InChI is InChI=1S/C12H10Br2N6O/c1-21-9-3-8(6(13)2-7(9)14)17-10-5-4-16-20-11(5)19-12(15)18-10/h2-4H,1H3,(H4,15,16,17,18,19,20). The smallest absolute Gasteiger partial charge is 0.224 e. The maximum Gasteiger partial charge on any atom is 0.224 e. The number of aromatic nitrogens is 4. The molecule has 0 aliphatic heterocycles. The minimum atomic E-state index is 0.162. The molecule has 1 aromatic carbocycles. The van der Waals surface area contributed by atoms with Crippen LogP contribution in [0.2, 0.25) is 0 Å². The van der Waals surface area contributed by atoms with Gasteiger partial charge in [-0.15, -0.1) is 0 Å². The van der Waals surface area contributed by atoms with Crippen LogP contribution in [0.15, 0.2) is 27.3 Å². The second-order valence-electron chi connectivity index (χ2n) is 4.15. The quantitative estimate of drug-likeness (QED) is 0.609. The van der Waals surface area contributed by atoms with Gasteiger partial charge in [-0.3, -0.25) is 5.10 Å². The summed E-state index contributed by atoms with van der Waals surface area (Å²) in [7, 11) is 1.61. The van der Waals surface area contributed by atoms with Crippen molar-refractivity contribution in [2.45, 2.75) is 0 Å². The van der Waals surface area contributed by atoms with Crippen molar-refractivity contribution in [1.82, 2.24) is 20.2 Å². The number of nitrogens with zero attached hydrogens (tertiary/aromatic N) is 3. The van der Waals surface area contributed by atoms with E-state index in [2.05, 4.69) is 57.3 Å². The van der Waals surface area contributed by atoms with Crippen LogP contribution in [0.5, 0.6) is 5.75 Å². The van der Waals surface area contributed by atoms with E-state index in [0.29, 0.717) is 17.2 Å². The van der Waals surface area contributed by atoms with Gasteiger partial charge in [0.2, 0.25) is 5.95 Å². The first-order chi connectivity index (χ1) is 10.1. The molecule has 0 radical (unpaired) electrons. The monoisotopic (exact) mass is 412 g/mol. The molecule has 0 aliphatic rings. The molecule has 0 saturated heterocycles. The molecule has 0 saturated carbocycles.